The van der Waals surface area contributed by atoms with Crippen molar-refractivity contribution in [1.29, 1.82) is 0 Å². The van der Waals surface area contributed by atoms with Crippen molar-refractivity contribution in [1.82, 2.24) is 9.78 Å². The van der Waals surface area contributed by atoms with Crippen molar-refractivity contribution in [2.75, 3.05) is 0 Å². The summed E-state index contributed by atoms with van der Waals surface area (Å²) in [6, 6.07) is 4.90. The molecule has 0 aliphatic rings. The fourth-order valence-corrected chi connectivity index (χ4v) is 1.66. The van der Waals surface area contributed by atoms with Crippen molar-refractivity contribution < 1.29 is 20.1 Å². The van der Waals surface area contributed by atoms with Gasteiger partial charge in [0.05, 0.1) is 11.7 Å². The van der Waals surface area contributed by atoms with Gasteiger partial charge in [0.15, 0.2) is 6.10 Å². The van der Waals surface area contributed by atoms with E-state index in [0.717, 1.165) is 10.9 Å². The molecule has 6 nitrogen and oxygen atoms in total. The molecule has 3 N–H and O–H groups in total. The highest BCUT2D eigenvalue weighted by atomic mass is 16.4. The number of benzene rings is 1. The lowest BCUT2D eigenvalue weighted by atomic mass is 10.0. The molecule has 0 saturated carbocycles. The second kappa shape index (κ2) is 4.15. The van der Waals surface area contributed by atoms with Crippen LogP contribution in [0.15, 0.2) is 24.4 Å². The van der Waals surface area contributed by atoms with Crippen LogP contribution in [0, 0.1) is 0 Å². The van der Waals surface area contributed by atoms with Gasteiger partial charge < -0.3 is 15.3 Å². The summed E-state index contributed by atoms with van der Waals surface area (Å²) in [4.78, 5) is 10.6. The predicted octanol–water partition coefficient (Wildman–Crippen LogP) is 0.0522. The highest BCUT2D eigenvalue weighted by Gasteiger charge is 2.25. The molecule has 1 aromatic heterocycles. The quantitative estimate of drug-likeness (QED) is 0.700. The Morgan fingerprint density at radius 3 is 2.76 bits per heavy atom. The van der Waals surface area contributed by atoms with Crippen LogP contribution in [-0.2, 0) is 11.8 Å². The molecular formula is C11H12N2O4. The minimum absolute atomic E-state index is 0.344. The average molecular weight is 236 g/mol. The number of aliphatic hydroxyl groups excluding tert-OH is 2. The zero-order chi connectivity index (χ0) is 12.6. The van der Waals surface area contributed by atoms with Crippen LogP contribution in [0.4, 0.5) is 0 Å². The number of carbonyl (C=O) groups is 1. The average Bonchev–Trinajstić information content (AvgIpc) is 2.68. The zero-order valence-electron chi connectivity index (χ0n) is 9.11. The molecule has 6 heteroatoms. The summed E-state index contributed by atoms with van der Waals surface area (Å²) in [7, 11) is 1.74. The van der Waals surface area contributed by atoms with E-state index >= 15 is 0 Å². The van der Waals surface area contributed by atoms with Crippen LogP contribution in [0.5, 0.6) is 0 Å². The summed E-state index contributed by atoms with van der Waals surface area (Å²) in [6.07, 6.45) is -1.62. The summed E-state index contributed by atoms with van der Waals surface area (Å²) >= 11 is 0. The van der Waals surface area contributed by atoms with Gasteiger partial charge in [-0.15, -0.1) is 0 Å². The molecule has 2 atom stereocenters. The van der Waals surface area contributed by atoms with Crippen LogP contribution in [0.1, 0.15) is 11.7 Å². The number of carboxylic acids is 1. The first-order chi connectivity index (χ1) is 8.00. The number of hydrogen-bond acceptors (Lipinski definition) is 4. The van der Waals surface area contributed by atoms with E-state index in [1.807, 2.05) is 0 Å². The molecule has 2 aromatic rings. The largest absolute Gasteiger partial charge is 0.479 e. The Kier molecular flexibility index (Phi) is 2.83. The van der Waals surface area contributed by atoms with Crippen molar-refractivity contribution >= 4 is 16.9 Å². The van der Waals surface area contributed by atoms with E-state index in [-0.39, 0.29) is 0 Å². The molecule has 90 valence electrons. The van der Waals surface area contributed by atoms with Crippen LogP contribution in [-0.4, -0.2) is 37.2 Å². The smallest absolute Gasteiger partial charge is 0.335 e. The van der Waals surface area contributed by atoms with Crippen molar-refractivity contribution in [3.8, 4) is 0 Å². The van der Waals surface area contributed by atoms with Gasteiger partial charge in [0, 0.05) is 12.4 Å². The zero-order valence-corrected chi connectivity index (χ0v) is 9.11. The van der Waals surface area contributed by atoms with Gasteiger partial charge >= 0.3 is 5.97 Å². The number of hydrogen-bond donors (Lipinski definition) is 3. The van der Waals surface area contributed by atoms with Crippen molar-refractivity contribution in [3.05, 3.63) is 30.0 Å². The second-order valence-corrected chi connectivity index (χ2v) is 3.81. The summed E-state index contributed by atoms with van der Waals surface area (Å²) in [5.41, 5.74) is 1.11. The SMILES string of the molecule is Cn1ncc2ccc(C(O)C(O)C(=O)O)cc21. The molecule has 17 heavy (non-hydrogen) atoms. The second-order valence-electron chi connectivity index (χ2n) is 3.81. The standard InChI is InChI=1S/C11H12N2O4/c1-13-8-4-6(2-3-7(8)5-12-13)9(14)10(15)11(16)17/h2-5,9-10,14-15H,1H3,(H,16,17). The Bertz CT molecular complexity index is 564. The number of aliphatic carboxylic acids is 1. The van der Waals surface area contributed by atoms with Crippen LogP contribution in [0.2, 0.25) is 0 Å². The minimum atomic E-state index is -1.83. The number of aryl methyl sites for hydroxylation is 1. The molecule has 0 spiro atoms. The fourth-order valence-electron chi connectivity index (χ4n) is 1.66. The lowest BCUT2D eigenvalue weighted by Crippen LogP contribution is -2.27. The Morgan fingerprint density at radius 2 is 2.12 bits per heavy atom. The maximum Gasteiger partial charge on any atom is 0.335 e. The number of rotatable bonds is 3. The fraction of sp³-hybridized carbons (Fsp3) is 0.273. The van der Waals surface area contributed by atoms with Crippen LogP contribution >= 0.6 is 0 Å². The van der Waals surface area contributed by atoms with E-state index < -0.39 is 18.2 Å². The van der Waals surface area contributed by atoms with Crippen molar-refractivity contribution in [2.45, 2.75) is 12.2 Å². The number of nitrogens with zero attached hydrogens (tertiary/aromatic N) is 2. The van der Waals surface area contributed by atoms with Gasteiger partial charge in [0.1, 0.15) is 6.10 Å². The van der Waals surface area contributed by atoms with Gasteiger partial charge in [-0.25, -0.2) is 4.79 Å². The normalized spacial score (nSPS) is 14.8. The third-order valence-electron chi connectivity index (χ3n) is 2.67. The number of fused-ring (bicyclic) bond motifs is 1. The predicted molar refractivity (Wildman–Crippen MR) is 59.3 cm³/mol. The molecule has 0 saturated heterocycles. The summed E-state index contributed by atoms with van der Waals surface area (Å²) in [5, 5.41) is 32.5. The van der Waals surface area contributed by atoms with Crippen molar-refractivity contribution in [2.24, 2.45) is 7.05 Å². The van der Waals surface area contributed by atoms with E-state index in [9.17, 15) is 15.0 Å². The van der Waals surface area contributed by atoms with Gasteiger partial charge in [-0.05, 0) is 11.6 Å². The van der Waals surface area contributed by atoms with E-state index in [2.05, 4.69) is 5.10 Å². The maximum atomic E-state index is 10.6. The molecule has 0 amide bonds. The van der Waals surface area contributed by atoms with E-state index in [4.69, 9.17) is 5.11 Å². The Labute approximate surface area is 96.7 Å². The lowest BCUT2D eigenvalue weighted by Gasteiger charge is -2.14. The molecule has 0 radical (unpaired) electrons. The maximum absolute atomic E-state index is 10.6. The van der Waals surface area contributed by atoms with Gasteiger partial charge in [-0.1, -0.05) is 12.1 Å². The van der Waals surface area contributed by atoms with Gasteiger partial charge in [-0.2, -0.15) is 5.10 Å². The molecule has 0 aliphatic carbocycles. The van der Waals surface area contributed by atoms with Crippen molar-refractivity contribution in [3.63, 3.8) is 0 Å². The van der Waals surface area contributed by atoms with Gasteiger partial charge in [-0.3, -0.25) is 4.68 Å². The van der Waals surface area contributed by atoms with Crippen LogP contribution < -0.4 is 0 Å². The first-order valence-corrected chi connectivity index (χ1v) is 5.01. The van der Waals surface area contributed by atoms with Gasteiger partial charge in [0.25, 0.3) is 0 Å². The van der Waals surface area contributed by atoms with E-state index in [0.29, 0.717) is 5.56 Å². The lowest BCUT2D eigenvalue weighted by molar-refractivity contribution is -0.153. The molecule has 2 rings (SSSR count). The van der Waals surface area contributed by atoms with E-state index in [1.165, 1.54) is 0 Å². The monoisotopic (exact) mass is 236 g/mol. The molecule has 1 heterocycles. The first-order valence-electron chi connectivity index (χ1n) is 5.01. The Morgan fingerprint density at radius 1 is 1.41 bits per heavy atom. The first kappa shape index (κ1) is 11.6. The summed E-state index contributed by atoms with van der Waals surface area (Å²) < 4.78 is 1.61. The number of carboxylic acid groups (broad SMARTS) is 1. The summed E-state index contributed by atoms with van der Waals surface area (Å²) in [5.74, 6) is -1.46. The third kappa shape index (κ3) is 2.00. The van der Waals surface area contributed by atoms with Crippen LogP contribution in [0.25, 0.3) is 10.9 Å². The minimum Gasteiger partial charge on any atom is -0.479 e. The Balaban J connectivity index is 2.42. The highest BCUT2D eigenvalue weighted by Crippen LogP contribution is 2.22. The molecule has 1 aromatic carbocycles. The molecular weight excluding hydrogens is 224 g/mol. The topological polar surface area (TPSA) is 95.6 Å². The third-order valence-corrected chi connectivity index (χ3v) is 2.67. The molecule has 0 fully saturated rings. The van der Waals surface area contributed by atoms with Crippen LogP contribution in [0.3, 0.4) is 0 Å². The molecule has 0 aliphatic heterocycles. The molecule has 0 bridgehead atoms. The highest BCUT2D eigenvalue weighted by molar-refractivity contribution is 5.80. The summed E-state index contributed by atoms with van der Waals surface area (Å²) in [6.45, 7) is 0. The number of aliphatic hydroxyl groups is 2. The molecule has 2 unspecified atom stereocenters. The number of aromatic nitrogens is 2. The van der Waals surface area contributed by atoms with E-state index in [1.54, 1.807) is 36.1 Å². The Hall–Kier alpha value is -1.92. The van der Waals surface area contributed by atoms with Gasteiger partial charge in [0.2, 0.25) is 0 Å².